The predicted molar refractivity (Wildman–Crippen MR) is 90.9 cm³/mol. The molecule has 0 amide bonds. The smallest absolute Gasteiger partial charge is 0.308 e. The van der Waals surface area contributed by atoms with Gasteiger partial charge < -0.3 is 4.74 Å². The van der Waals surface area contributed by atoms with E-state index in [0.717, 1.165) is 5.56 Å². The van der Waals surface area contributed by atoms with Crippen LogP contribution in [0.3, 0.4) is 0 Å². The highest BCUT2D eigenvalue weighted by Crippen LogP contribution is 2.50. The quantitative estimate of drug-likeness (QED) is 0.739. The Hall–Kier alpha value is -2.60. The fourth-order valence-corrected chi connectivity index (χ4v) is 5.98. The number of hydrogen-bond donors (Lipinski definition) is 0. The van der Waals surface area contributed by atoms with Crippen molar-refractivity contribution in [1.82, 2.24) is 4.31 Å². The zero-order valence-electron chi connectivity index (χ0n) is 13.2. The van der Waals surface area contributed by atoms with Crippen LogP contribution in [0.4, 0.5) is 0 Å². The molecule has 0 aliphatic carbocycles. The van der Waals surface area contributed by atoms with Crippen molar-refractivity contribution in [2.45, 2.75) is 29.4 Å². The molecule has 126 valence electrons. The number of carbonyl (C=O) groups is 1. The highest BCUT2D eigenvalue weighted by Gasteiger charge is 2.54. The molecule has 0 saturated carbocycles. The first kappa shape index (κ1) is 14.7. The summed E-state index contributed by atoms with van der Waals surface area (Å²) in [5, 5.41) is 0. The number of esters is 1. The van der Waals surface area contributed by atoms with E-state index in [0.29, 0.717) is 16.2 Å². The zero-order chi connectivity index (χ0) is 17.2. The van der Waals surface area contributed by atoms with Crippen molar-refractivity contribution in [1.29, 1.82) is 0 Å². The van der Waals surface area contributed by atoms with E-state index in [2.05, 4.69) is 0 Å². The lowest BCUT2D eigenvalue weighted by Gasteiger charge is -2.37. The second-order valence-electron chi connectivity index (χ2n) is 6.51. The topological polar surface area (TPSA) is 63.7 Å². The van der Waals surface area contributed by atoms with Gasteiger partial charge in [-0.15, -0.1) is 0 Å². The van der Waals surface area contributed by atoms with E-state index in [1.165, 1.54) is 4.31 Å². The van der Waals surface area contributed by atoms with Crippen molar-refractivity contribution in [2.24, 2.45) is 0 Å². The van der Waals surface area contributed by atoms with E-state index in [-0.39, 0.29) is 18.3 Å². The summed E-state index contributed by atoms with van der Waals surface area (Å²) in [7, 11) is -3.66. The third-order valence-corrected chi connectivity index (χ3v) is 7.03. The Morgan fingerprint density at radius 1 is 1.00 bits per heavy atom. The fourth-order valence-electron chi connectivity index (χ4n) is 4.10. The zero-order valence-corrected chi connectivity index (χ0v) is 14.0. The molecular formula is C19H15NO4S. The van der Waals surface area contributed by atoms with Gasteiger partial charge >= 0.3 is 5.97 Å². The van der Waals surface area contributed by atoms with Crippen molar-refractivity contribution < 1.29 is 17.9 Å². The molecule has 3 aliphatic heterocycles. The summed E-state index contributed by atoms with van der Waals surface area (Å²) in [6.45, 7) is 0. The molecule has 0 aromatic heterocycles. The molecule has 0 radical (unpaired) electrons. The average molecular weight is 353 g/mol. The van der Waals surface area contributed by atoms with Gasteiger partial charge in [0, 0.05) is 11.5 Å². The number of carbonyl (C=O) groups excluding carboxylic acids is 1. The van der Waals surface area contributed by atoms with Crippen LogP contribution in [0.25, 0.3) is 5.70 Å². The van der Waals surface area contributed by atoms with Gasteiger partial charge in [-0.1, -0.05) is 48.5 Å². The summed E-state index contributed by atoms with van der Waals surface area (Å²) in [5.74, 6) is -0.512. The van der Waals surface area contributed by atoms with Gasteiger partial charge in [0.2, 0.25) is 0 Å². The molecule has 5 nitrogen and oxygen atoms in total. The van der Waals surface area contributed by atoms with Gasteiger partial charge in [0.1, 0.15) is 6.10 Å². The molecule has 0 N–H and O–H groups in total. The number of nitrogens with zero attached hydrogens (tertiary/aromatic N) is 1. The van der Waals surface area contributed by atoms with Crippen molar-refractivity contribution in [3.8, 4) is 0 Å². The summed E-state index contributed by atoms with van der Waals surface area (Å²) >= 11 is 0. The molecule has 1 fully saturated rings. The molecule has 6 heteroatoms. The van der Waals surface area contributed by atoms with Crippen LogP contribution in [0, 0.1) is 0 Å². The minimum atomic E-state index is -3.66. The van der Waals surface area contributed by atoms with E-state index >= 15 is 0 Å². The Morgan fingerprint density at radius 3 is 2.52 bits per heavy atom. The maximum absolute atomic E-state index is 13.0. The molecule has 3 heterocycles. The van der Waals surface area contributed by atoms with E-state index in [9.17, 15) is 13.2 Å². The van der Waals surface area contributed by atoms with Crippen LogP contribution in [-0.2, 0) is 19.6 Å². The highest BCUT2D eigenvalue weighted by molar-refractivity contribution is 7.90. The average Bonchev–Trinajstić information content (AvgIpc) is 3.11. The highest BCUT2D eigenvalue weighted by atomic mass is 32.2. The first-order valence-electron chi connectivity index (χ1n) is 8.17. The van der Waals surface area contributed by atoms with Crippen molar-refractivity contribution in [2.75, 3.05) is 0 Å². The molecule has 2 aromatic carbocycles. The third-order valence-electron chi connectivity index (χ3n) is 5.14. The lowest BCUT2D eigenvalue weighted by atomic mass is 9.84. The van der Waals surface area contributed by atoms with Crippen LogP contribution < -0.4 is 0 Å². The van der Waals surface area contributed by atoms with Crippen LogP contribution in [0.1, 0.15) is 23.5 Å². The molecule has 2 aromatic rings. The van der Waals surface area contributed by atoms with Gasteiger partial charge in [-0.25, -0.2) is 8.42 Å². The van der Waals surface area contributed by atoms with E-state index in [4.69, 9.17) is 4.74 Å². The molecule has 0 bridgehead atoms. The summed E-state index contributed by atoms with van der Waals surface area (Å²) in [5.41, 5.74) is 2.37. The van der Waals surface area contributed by atoms with Gasteiger partial charge in [0.25, 0.3) is 10.0 Å². The van der Waals surface area contributed by atoms with Crippen molar-refractivity contribution >= 4 is 21.7 Å². The SMILES string of the molecule is O=C1CC2C(O1)C(c1ccccc1)C=C1c3ccccc3S(=O)(=O)N12. The lowest BCUT2D eigenvalue weighted by molar-refractivity contribution is -0.141. The van der Waals surface area contributed by atoms with Gasteiger partial charge in [-0.3, -0.25) is 9.10 Å². The fraction of sp³-hybridized carbons (Fsp3) is 0.211. The Bertz CT molecular complexity index is 1010. The molecule has 3 unspecified atom stereocenters. The third kappa shape index (κ3) is 1.94. The van der Waals surface area contributed by atoms with Crippen molar-refractivity contribution in [3.05, 3.63) is 71.8 Å². The molecule has 5 rings (SSSR count). The number of rotatable bonds is 1. The second-order valence-corrected chi connectivity index (χ2v) is 8.29. The van der Waals surface area contributed by atoms with Gasteiger partial charge in [0.15, 0.2) is 0 Å². The van der Waals surface area contributed by atoms with E-state index in [1.54, 1.807) is 12.1 Å². The van der Waals surface area contributed by atoms with Crippen LogP contribution in [0.2, 0.25) is 0 Å². The second kappa shape index (κ2) is 4.95. The summed E-state index contributed by atoms with van der Waals surface area (Å²) in [6, 6.07) is 16.3. The normalized spacial score (nSPS) is 28.6. The summed E-state index contributed by atoms with van der Waals surface area (Å²) in [6.07, 6.45) is 1.51. The summed E-state index contributed by atoms with van der Waals surface area (Å²) in [4.78, 5) is 12.3. The lowest BCUT2D eigenvalue weighted by Crippen LogP contribution is -2.45. The molecule has 25 heavy (non-hydrogen) atoms. The summed E-state index contributed by atoms with van der Waals surface area (Å²) < 4.78 is 33.0. The molecule has 3 atom stereocenters. The number of ether oxygens (including phenoxy) is 1. The minimum Gasteiger partial charge on any atom is -0.459 e. The first-order valence-corrected chi connectivity index (χ1v) is 9.61. The van der Waals surface area contributed by atoms with Gasteiger partial charge in [0.05, 0.1) is 23.1 Å². The largest absolute Gasteiger partial charge is 0.459 e. The van der Waals surface area contributed by atoms with Gasteiger partial charge in [-0.05, 0) is 17.7 Å². The minimum absolute atomic E-state index is 0.0819. The predicted octanol–water partition coefficient (Wildman–Crippen LogP) is 2.51. The van der Waals surface area contributed by atoms with E-state index in [1.807, 2.05) is 48.5 Å². The Morgan fingerprint density at radius 2 is 1.72 bits per heavy atom. The van der Waals surface area contributed by atoms with Crippen LogP contribution in [-0.4, -0.2) is 30.8 Å². The standard InChI is InChI=1S/C19H15NO4S/c21-18-11-16-19(24-18)14(12-6-2-1-3-7-12)10-15-13-8-4-5-9-17(13)25(22,23)20(15)16/h1-10,14,16,19H,11H2. The van der Waals surface area contributed by atoms with Crippen LogP contribution >= 0.6 is 0 Å². The molecular weight excluding hydrogens is 338 g/mol. The number of benzene rings is 2. The molecule has 3 aliphatic rings. The first-order chi connectivity index (χ1) is 12.1. The number of sulfonamides is 1. The number of hydrogen-bond acceptors (Lipinski definition) is 4. The maximum atomic E-state index is 13.0. The number of fused-ring (bicyclic) bond motifs is 5. The van der Waals surface area contributed by atoms with Crippen molar-refractivity contribution in [3.63, 3.8) is 0 Å². The monoisotopic (exact) mass is 353 g/mol. The maximum Gasteiger partial charge on any atom is 0.308 e. The van der Waals surface area contributed by atoms with Crippen LogP contribution in [0.5, 0.6) is 0 Å². The van der Waals surface area contributed by atoms with Gasteiger partial charge in [-0.2, -0.15) is 0 Å². The Balaban J connectivity index is 1.75. The van der Waals surface area contributed by atoms with Crippen LogP contribution in [0.15, 0.2) is 65.6 Å². The molecule has 1 saturated heterocycles. The van der Waals surface area contributed by atoms with E-state index < -0.39 is 22.2 Å². The molecule has 0 spiro atoms. The Kier molecular flexibility index (Phi) is 2.92. The Labute approximate surface area is 145 Å².